The van der Waals surface area contributed by atoms with Gasteiger partial charge in [0.1, 0.15) is 0 Å². The van der Waals surface area contributed by atoms with Gasteiger partial charge in [-0.2, -0.15) is 0 Å². The van der Waals surface area contributed by atoms with Crippen molar-refractivity contribution in [1.29, 1.82) is 0 Å². The summed E-state index contributed by atoms with van der Waals surface area (Å²) in [5.41, 5.74) is 2.87. The lowest BCUT2D eigenvalue weighted by molar-refractivity contribution is 0.0948. The molecule has 0 saturated carbocycles. The summed E-state index contributed by atoms with van der Waals surface area (Å²) < 4.78 is 0. The first-order valence-corrected chi connectivity index (χ1v) is 6.58. The Bertz CT molecular complexity index is 356. The number of hydrogen-bond donors (Lipinski definition) is 1. The van der Waals surface area contributed by atoms with Crippen molar-refractivity contribution in [3.8, 4) is 0 Å². The van der Waals surface area contributed by atoms with E-state index in [1.165, 1.54) is 0 Å². The van der Waals surface area contributed by atoms with E-state index in [0.717, 1.165) is 22.0 Å². The molecule has 1 N–H and O–H groups in total. The van der Waals surface area contributed by atoms with Gasteiger partial charge in [-0.3, -0.25) is 4.79 Å². The van der Waals surface area contributed by atoms with Crippen molar-refractivity contribution >= 4 is 21.8 Å². The molecule has 2 nitrogen and oxygen atoms in total. The summed E-state index contributed by atoms with van der Waals surface area (Å²) in [6.45, 7) is 6.74. The number of rotatable bonds is 4. The molecule has 0 aliphatic heterocycles. The summed E-state index contributed by atoms with van der Waals surface area (Å²) in [6.07, 6.45) is 0. The predicted molar refractivity (Wildman–Crippen MR) is 71.2 cm³/mol. The predicted octanol–water partition coefficient (Wildman–Crippen LogP) is 3.06. The zero-order chi connectivity index (χ0) is 12.1. The fourth-order valence-corrected chi connectivity index (χ4v) is 1.81. The maximum Gasteiger partial charge on any atom is 0.251 e. The summed E-state index contributed by atoms with van der Waals surface area (Å²) in [5.74, 6) is 0.483. The van der Waals surface area contributed by atoms with Gasteiger partial charge in [-0.15, -0.1) is 0 Å². The highest BCUT2D eigenvalue weighted by Crippen LogP contribution is 2.13. The number of aryl methyl sites for hydroxylation is 2. The molecule has 0 radical (unpaired) electrons. The summed E-state index contributed by atoms with van der Waals surface area (Å²) >= 11 is 3.40. The SMILES string of the molecule is Cc1cccc(C)c1C(=O)NCC(C)CBr. The van der Waals surface area contributed by atoms with Crippen LogP contribution in [0.2, 0.25) is 0 Å². The van der Waals surface area contributed by atoms with Crippen LogP contribution < -0.4 is 5.32 Å². The Morgan fingerprint density at radius 2 is 1.94 bits per heavy atom. The molecule has 0 spiro atoms. The van der Waals surface area contributed by atoms with Gasteiger partial charge in [0.25, 0.3) is 5.91 Å². The standard InChI is InChI=1S/C13H18BrNO/c1-9(7-14)8-15-13(16)12-10(2)5-4-6-11(12)3/h4-6,9H,7-8H2,1-3H3,(H,15,16). The third-order valence-electron chi connectivity index (χ3n) is 2.58. The molecule has 1 unspecified atom stereocenters. The van der Waals surface area contributed by atoms with Crippen molar-refractivity contribution in [2.75, 3.05) is 11.9 Å². The first-order chi connectivity index (χ1) is 7.56. The molecular formula is C13H18BrNO. The van der Waals surface area contributed by atoms with Crippen molar-refractivity contribution in [3.63, 3.8) is 0 Å². The number of benzene rings is 1. The molecule has 0 aromatic heterocycles. The number of halogens is 1. The van der Waals surface area contributed by atoms with Gasteiger partial charge in [0.05, 0.1) is 0 Å². The van der Waals surface area contributed by atoms with E-state index >= 15 is 0 Å². The van der Waals surface area contributed by atoms with Crippen LogP contribution in [-0.2, 0) is 0 Å². The minimum Gasteiger partial charge on any atom is -0.352 e. The number of alkyl halides is 1. The van der Waals surface area contributed by atoms with Crippen molar-refractivity contribution in [2.24, 2.45) is 5.92 Å². The molecule has 0 aliphatic carbocycles. The van der Waals surface area contributed by atoms with E-state index in [1.54, 1.807) is 0 Å². The van der Waals surface area contributed by atoms with Crippen molar-refractivity contribution in [2.45, 2.75) is 20.8 Å². The molecule has 16 heavy (non-hydrogen) atoms. The van der Waals surface area contributed by atoms with E-state index in [2.05, 4.69) is 28.2 Å². The second-order valence-electron chi connectivity index (χ2n) is 4.24. The first-order valence-electron chi connectivity index (χ1n) is 5.46. The van der Waals surface area contributed by atoms with Gasteiger partial charge in [-0.05, 0) is 30.9 Å². The van der Waals surface area contributed by atoms with Crippen LogP contribution in [0.1, 0.15) is 28.4 Å². The smallest absolute Gasteiger partial charge is 0.251 e. The van der Waals surface area contributed by atoms with Gasteiger partial charge in [0.2, 0.25) is 0 Å². The number of nitrogens with one attached hydrogen (secondary N) is 1. The van der Waals surface area contributed by atoms with Gasteiger partial charge in [-0.25, -0.2) is 0 Å². The van der Waals surface area contributed by atoms with Crippen LogP contribution in [0.3, 0.4) is 0 Å². The third-order valence-corrected chi connectivity index (χ3v) is 3.69. The van der Waals surface area contributed by atoms with Crippen LogP contribution in [0.4, 0.5) is 0 Å². The normalized spacial score (nSPS) is 12.2. The van der Waals surface area contributed by atoms with Gasteiger partial charge < -0.3 is 5.32 Å². The molecule has 0 bridgehead atoms. The van der Waals surface area contributed by atoms with E-state index < -0.39 is 0 Å². The molecule has 0 heterocycles. The Hall–Kier alpha value is -0.830. The average Bonchev–Trinajstić information content (AvgIpc) is 2.25. The lowest BCUT2D eigenvalue weighted by atomic mass is 10.0. The molecule has 1 aromatic carbocycles. The van der Waals surface area contributed by atoms with E-state index in [9.17, 15) is 4.79 Å². The molecule has 1 atom stereocenters. The Labute approximate surface area is 106 Å². The molecule has 1 rings (SSSR count). The van der Waals surface area contributed by atoms with Crippen LogP contribution in [0.5, 0.6) is 0 Å². The van der Waals surface area contributed by atoms with Crippen LogP contribution in [0.25, 0.3) is 0 Å². The van der Waals surface area contributed by atoms with E-state index in [0.29, 0.717) is 12.5 Å². The third kappa shape index (κ3) is 3.34. The highest BCUT2D eigenvalue weighted by atomic mass is 79.9. The number of carbonyl (C=O) groups is 1. The number of hydrogen-bond acceptors (Lipinski definition) is 1. The fourth-order valence-electron chi connectivity index (χ4n) is 1.58. The Morgan fingerprint density at radius 3 is 2.44 bits per heavy atom. The zero-order valence-corrected chi connectivity index (χ0v) is 11.6. The van der Waals surface area contributed by atoms with E-state index in [1.807, 2.05) is 32.0 Å². The summed E-state index contributed by atoms with van der Waals surface area (Å²) in [4.78, 5) is 12.0. The Kier molecular flexibility index (Phi) is 5.00. The topological polar surface area (TPSA) is 29.1 Å². The number of amides is 1. The lowest BCUT2D eigenvalue weighted by Crippen LogP contribution is -2.29. The minimum absolute atomic E-state index is 0.0309. The molecule has 0 aliphatic rings. The fraction of sp³-hybridized carbons (Fsp3) is 0.462. The van der Waals surface area contributed by atoms with E-state index in [4.69, 9.17) is 0 Å². The first kappa shape index (κ1) is 13.2. The van der Waals surface area contributed by atoms with Crippen LogP contribution in [0.15, 0.2) is 18.2 Å². The maximum atomic E-state index is 12.0. The molecule has 1 aromatic rings. The number of carbonyl (C=O) groups excluding carboxylic acids is 1. The van der Waals surface area contributed by atoms with Gasteiger partial charge in [0, 0.05) is 17.4 Å². The maximum absolute atomic E-state index is 12.0. The molecular weight excluding hydrogens is 266 g/mol. The van der Waals surface area contributed by atoms with Crippen LogP contribution in [-0.4, -0.2) is 17.8 Å². The van der Waals surface area contributed by atoms with Gasteiger partial charge >= 0.3 is 0 Å². The molecule has 88 valence electrons. The minimum atomic E-state index is 0.0309. The molecule has 0 fully saturated rings. The zero-order valence-electron chi connectivity index (χ0n) is 10.0. The van der Waals surface area contributed by atoms with Gasteiger partial charge in [0.15, 0.2) is 0 Å². The average molecular weight is 284 g/mol. The highest BCUT2D eigenvalue weighted by Gasteiger charge is 2.11. The van der Waals surface area contributed by atoms with Crippen molar-refractivity contribution < 1.29 is 4.79 Å². The highest BCUT2D eigenvalue weighted by molar-refractivity contribution is 9.09. The second-order valence-corrected chi connectivity index (χ2v) is 4.88. The largest absolute Gasteiger partial charge is 0.352 e. The Balaban J connectivity index is 2.73. The second kappa shape index (κ2) is 6.04. The van der Waals surface area contributed by atoms with Gasteiger partial charge in [-0.1, -0.05) is 41.1 Å². The van der Waals surface area contributed by atoms with Crippen LogP contribution in [0, 0.1) is 19.8 Å². The lowest BCUT2D eigenvalue weighted by Gasteiger charge is -2.12. The molecule has 1 amide bonds. The monoisotopic (exact) mass is 283 g/mol. The molecule has 0 saturated heterocycles. The van der Waals surface area contributed by atoms with Crippen LogP contribution >= 0.6 is 15.9 Å². The summed E-state index contributed by atoms with van der Waals surface area (Å²) in [7, 11) is 0. The summed E-state index contributed by atoms with van der Waals surface area (Å²) in [6, 6.07) is 5.91. The molecule has 3 heteroatoms. The quantitative estimate of drug-likeness (QED) is 0.846. The Morgan fingerprint density at radius 1 is 1.38 bits per heavy atom. The summed E-state index contributed by atoms with van der Waals surface area (Å²) in [5, 5.41) is 3.87. The van der Waals surface area contributed by atoms with E-state index in [-0.39, 0.29) is 5.91 Å². The van der Waals surface area contributed by atoms with Crippen molar-refractivity contribution in [1.82, 2.24) is 5.32 Å². The van der Waals surface area contributed by atoms with Crippen molar-refractivity contribution in [3.05, 3.63) is 34.9 Å².